The van der Waals surface area contributed by atoms with Crippen molar-refractivity contribution < 1.29 is 28.6 Å². The number of benzene rings is 1. The molecule has 1 atom stereocenters. The van der Waals surface area contributed by atoms with Crippen LogP contribution in [-0.4, -0.2) is 37.1 Å². The fourth-order valence-corrected chi connectivity index (χ4v) is 4.99. The third-order valence-electron chi connectivity index (χ3n) is 5.13. The summed E-state index contributed by atoms with van der Waals surface area (Å²) in [6.07, 6.45) is 2.64. The van der Waals surface area contributed by atoms with Crippen LogP contribution in [0.4, 0.5) is 10.7 Å². The molecule has 2 aromatic rings. The van der Waals surface area contributed by atoms with Gasteiger partial charge in [0.15, 0.2) is 17.6 Å². The Morgan fingerprint density at radius 2 is 1.81 bits per heavy atom. The lowest BCUT2D eigenvalue weighted by Crippen LogP contribution is -2.30. The minimum absolute atomic E-state index is 0.253. The molecule has 0 saturated carbocycles. The van der Waals surface area contributed by atoms with Gasteiger partial charge in [0.05, 0.1) is 5.56 Å². The summed E-state index contributed by atoms with van der Waals surface area (Å²) in [5.74, 6) is -0.143. The highest BCUT2D eigenvalue weighted by molar-refractivity contribution is 7.17. The number of ether oxygens (including phenoxy) is 3. The molecule has 0 saturated heterocycles. The van der Waals surface area contributed by atoms with Crippen LogP contribution in [0.15, 0.2) is 18.2 Å². The van der Waals surface area contributed by atoms with E-state index in [9.17, 15) is 14.4 Å². The van der Waals surface area contributed by atoms with Gasteiger partial charge in [-0.25, -0.2) is 4.79 Å². The number of nitrogens with one attached hydrogen (secondary N) is 2. The lowest BCUT2D eigenvalue weighted by Gasteiger charge is -2.20. The molecule has 1 aliphatic carbocycles. The third-order valence-corrected chi connectivity index (χ3v) is 6.33. The second-order valence-corrected chi connectivity index (χ2v) is 8.60. The van der Waals surface area contributed by atoms with E-state index in [1.165, 1.54) is 25.2 Å². The smallest absolute Gasteiger partial charge is 0.342 e. The minimum atomic E-state index is -1.02. The minimum Gasteiger partial charge on any atom is -0.486 e. The van der Waals surface area contributed by atoms with Gasteiger partial charge in [-0.2, -0.15) is 0 Å². The lowest BCUT2D eigenvalue weighted by atomic mass is 9.95. The van der Waals surface area contributed by atoms with Crippen molar-refractivity contribution in [2.45, 2.75) is 45.6 Å². The third kappa shape index (κ3) is 4.66. The topological polar surface area (TPSA) is 103 Å². The van der Waals surface area contributed by atoms with E-state index >= 15 is 0 Å². The maximum atomic E-state index is 13.0. The van der Waals surface area contributed by atoms with Crippen LogP contribution >= 0.6 is 11.3 Å². The summed E-state index contributed by atoms with van der Waals surface area (Å²) in [4.78, 5) is 38.3. The average Bonchev–Trinajstić information content (AvgIpc) is 3.10. The molecular formula is C22H24N2O6S. The molecule has 2 heterocycles. The quantitative estimate of drug-likeness (QED) is 0.684. The number of anilines is 2. The zero-order chi connectivity index (χ0) is 22.0. The van der Waals surface area contributed by atoms with Gasteiger partial charge < -0.3 is 24.8 Å². The van der Waals surface area contributed by atoms with Crippen LogP contribution < -0.4 is 20.1 Å². The molecule has 9 heteroatoms. The number of amides is 2. The Labute approximate surface area is 183 Å². The van der Waals surface area contributed by atoms with E-state index in [0.29, 0.717) is 41.0 Å². The first kappa shape index (κ1) is 21.2. The predicted molar refractivity (Wildman–Crippen MR) is 116 cm³/mol. The van der Waals surface area contributed by atoms with Gasteiger partial charge in [-0.15, -0.1) is 11.3 Å². The van der Waals surface area contributed by atoms with Crippen LogP contribution in [0.1, 0.15) is 47.5 Å². The monoisotopic (exact) mass is 444 g/mol. The predicted octanol–water partition coefficient (Wildman–Crippen LogP) is 3.54. The summed E-state index contributed by atoms with van der Waals surface area (Å²) >= 11 is 1.41. The van der Waals surface area contributed by atoms with Crippen LogP contribution in [0.3, 0.4) is 0 Å². The second-order valence-electron chi connectivity index (χ2n) is 7.49. The Balaban J connectivity index is 1.46. The van der Waals surface area contributed by atoms with Gasteiger partial charge >= 0.3 is 5.97 Å². The summed E-state index contributed by atoms with van der Waals surface area (Å²) in [5.41, 5.74) is 1.81. The van der Waals surface area contributed by atoms with Crippen molar-refractivity contribution in [2.75, 3.05) is 23.8 Å². The maximum Gasteiger partial charge on any atom is 0.342 e. The number of rotatable bonds is 5. The molecular weight excluding hydrogens is 420 g/mol. The highest BCUT2D eigenvalue weighted by Gasteiger charge is 2.29. The molecule has 164 valence electrons. The van der Waals surface area contributed by atoms with Gasteiger partial charge in [-0.1, -0.05) is 0 Å². The van der Waals surface area contributed by atoms with Crippen molar-refractivity contribution in [3.63, 3.8) is 0 Å². The van der Waals surface area contributed by atoms with Crippen molar-refractivity contribution in [3.8, 4) is 11.5 Å². The Hall–Kier alpha value is -3.07. The number of aryl methyl sites for hydroxylation is 1. The highest BCUT2D eigenvalue weighted by atomic mass is 32.1. The molecule has 1 aromatic heterocycles. The van der Waals surface area contributed by atoms with Crippen molar-refractivity contribution in [2.24, 2.45) is 0 Å². The number of hydrogen-bond acceptors (Lipinski definition) is 7. The number of carbonyl (C=O) groups is 3. The van der Waals surface area contributed by atoms with E-state index in [1.807, 2.05) is 0 Å². The van der Waals surface area contributed by atoms with E-state index in [2.05, 4.69) is 10.6 Å². The summed E-state index contributed by atoms with van der Waals surface area (Å²) < 4.78 is 16.5. The van der Waals surface area contributed by atoms with Crippen molar-refractivity contribution in [1.29, 1.82) is 0 Å². The molecule has 1 aliphatic heterocycles. The van der Waals surface area contributed by atoms with E-state index in [-0.39, 0.29) is 5.91 Å². The Morgan fingerprint density at radius 1 is 1.06 bits per heavy atom. The van der Waals surface area contributed by atoms with E-state index < -0.39 is 18.0 Å². The summed E-state index contributed by atoms with van der Waals surface area (Å²) in [6, 6.07) is 5.09. The first-order valence-electron chi connectivity index (χ1n) is 10.3. The Bertz CT molecular complexity index is 1030. The summed E-state index contributed by atoms with van der Waals surface area (Å²) in [7, 11) is 0. The van der Waals surface area contributed by atoms with Crippen LogP contribution in [0.25, 0.3) is 0 Å². The number of hydrogen-bond donors (Lipinski definition) is 2. The van der Waals surface area contributed by atoms with Gasteiger partial charge in [-0.05, 0) is 50.3 Å². The zero-order valence-corrected chi connectivity index (χ0v) is 18.2. The fraction of sp³-hybridized carbons (Fsp3) is 0.409. The first-order valence-corrected chi connectivity index (χ1v) is 11.1. The fourth-order valence-electron chi connectivity index (χ4n) is 3.67. The molecule has 0 radical (unpaired) electrons. The van der Waals surface area contributed by atoms with E-state index in [0.717, 1.165) is 36.1 Å². The van der Waals surface area contributed by atoms with Gasteiger partial charge in [0.1, 0.15) is 18.2 Å². The molecule has 0 fully saturated rings. The van der Waals surface area contributed by atoms with Crippen molar-refractivity contribution in [3.05, 3.63) is 34.2 Å². The van der Waals surface area contributed by atoms with Crippen molar-refractivity contribution in [1.82, 2.24) is 0 Å². The van der Waals surface area contributed by atoms with Gasteiger partial charge in [0, 0.05) is 23.6 Å². The molecule has 2 amide bonds. The molecule has 0 bridgehead atoms. The van der Waals surface area contributed by atoms with Gasteiger partial charge in [0.25, 0.3) is 5.91 Å². The number of thiophene rings is 1. The standard InChI is InChI=1S/C22H24N2O6S/c1-12(20(26)24-14-7-8-16-17(11-14)29-10-9-28-16)30-22(27)19-15-5-3-4-6-18(15)31-21(19)23-13(2)25/h7-8,11-12H,3-6,9-10H2,1-2H3,(H,23,25)(H,24,26)/t12-/m1/s1. The van der Waals surface area contributed by atoms with Crippen LogP contribution in [0.2, 0.25) is 0 Å². The Kier molecular flexibility index (Phi) is 6.13. The molecule has 2 N–H and O–H groups in total. The SMILES string of the molecule is CC(=O)Nc1sc2c(c1C(=O)O[C@H](C)C(=O)Nc1ccc3c(c1)OCCO3)CCCC2. The molecule has 2 aliphatic rings. The summed E-state index contributed by atoms with van der Waals surface area (Å²) in [5, 5.41) is 5.96. The maximum absolute atomic E-state index is 13.0. The molecule has 0 unspecified atom stereocenters. The average molecular weight is 445 g/mol. The van der Waals surface area contributed by atoms with Crippen LogP contribution in [0, 0.1) is 0 Å². The molecule has 4 rings (SSSR count). The largest absolute Gasteiger partial charge is 0.486 e. The van der Waals surface area contributed by atoms with Gasteiger partial charge in [0.2, 0.25) is 5.91 Å². The van der Waals surface area contributed by atoms with E-state index in [4.69, 9.17) is 14.2 Å². The van der Waals surface area contributed by atoms with Gasteiger partial charge in [-0.3, -0.25) is 9.59 Å². The molecule has 8 nitrogen and oxygen atoms in total. The van der Waals surface area contributed by atoms with Crippen LogP contribution in [0.5, 0.6) is 11.5 Å². The van der Waals surface area contributed by atoms with E-state index in [1.54, 1.807) is 18.2 Å². The molecule has 1 aromatic carbocycles. The van der Waals surface area contributed by atoms with Crippen molar-refractivity contribution >= 4 is 39.8 Å². The zero-order valence-electron chi connectivity index (χ0n) is 17.4. The normalized spacial score (nSPS) is 15.4. The number of esters is 1. The highest BCUT2D eigenvalue weighted by Crippen LogP contribution is 2.39. The lowest BCUT2D eigenvalue weighted by molar-refractivity contribution is -0.123. The number of carbonyl (C=O) groups excluding carboxylic acids is 3. The first-order chi connectivity index (χ1) is 14.9. The Morgan fingerprint density at radius 3 is 2.58 bits per heavy atom. The molecule has 0 spiro atoms. The summed E-state index contributed by atoms with van der Waals surface area (Å²) in [6.45, 7) is 3.85. The van der Waals surface area contributed by atoms with Crippen LogP contribution in [-0.2, 0) is 27.2 Å². The second kappa shape index (κ2) is 8.97. The number of fused-ring (bicyclic) bond motifs is 2. The molecule has 31 heavy (non-hydrogen) atoms.